The van der Waals surface area contributed by atoms with Gasteiger partial charge in [0.05, 0.1) is 34.8 Å². The first-order valence-electron chi connectivity index (χ1n) is 14.8. The molecule has 0 aliphatic heterocycles. The number of hydrogen-bond acceptors (Lipinski definition) is 6. The van der Waals surface area contributed by atoms with Crippen LogP contribution in [0.15, 0.2) is 102 Å². The number of para-hydroxylation sites is 2. The van der Waals surface area contributed by atoms with Crippen molar-refractivity contribution in [3.63, 3.8) is 0 Å². The number of ether oxygens (including phenoxy) is 2. The zero-order valence-electron chi connectivity index (χ0n) is 26.5. The number of carbonyl (C=O) groups is 2. The maximum absolute atomic E-state index is 14.6. The fourth-order valence-electron chi connectivity index (χ4n) is 4.99. The molecule has 0 aliphatic carbocycles. The number of anilines is 1. The van der Waals surface area contributed by atoms with Crippen molar-refractivity contribution in [2.24, 2.45) is 0 Å². The molecule has 47 heavy (non-hydrogen) atoms. The van der Waals surface area contributed by atoms with Gasteiger partial charge in [-0.05, 0) is 73.5 Å². The van der Waals surface area contributed by atoms with Crippen molar-refractivity contribution in [2.75, 3.05) is 25.1 Å². The number of methoxy groups -OCH3 is 2. The van der Waals surface area contributed by atoms with Gasteiger partial charge in [0.2, 0.25) is 11.8 Å². The summed E-state index contributed by atoms with van der Waals surface area (Å²) < 4.78 is 40.3. The van der Waals surface area contributed by atoms with E-state index in [1.165, 1.54) is 43.4 Å². The molecule has 9 nitrogen and oxygen atoms in total. The van der Waals surface area contributed by atoms with E-state index in [9.17, 15) is 18.0 Å². The Balaban J connectivity index is 1.84. The van der Waals surface area contributed by atoms with Crippen LogP contribution in [0.4, 0.5) is 5.69 Å². The average Bonchev–Trinajstić information content (AvgIpc) is 3.06. The van der Waals surface area contributed by atoms with Gasteiger partial charge in [0.15, 0.2) is 0 Å². The Morgan fingerprint density at radius 3 is 2.09 bits per heavy atom. The minimum absolute atomic E-state index is 0.0545. The summed E-state index contributed by atoms with van der Waals surface area (Å²) in [6, 6.07) is 25.4. The molecule has 0 unspecified atom stereocenters. The third-order valence-electron chi connectivity index (χ3n) is 7.32. The van der Waals surface area contributed by atoms with Crippen molar-refractivity contribution in [1.82, 2.24) is 10.2 Å². The Kier molecular flexibility index (Phi) is 12.1. The van der Waals surface area contributed by atoms with Gasteiger partial charge in [0.1, 0.15) is 24.1 Å². The van der Waals surface area contributed by atoms with Gasteiger partial charge in [-0.15, -0.1) is 0 Å². The largest absolute Gasteiger partial charge is 0.497 e. The number of hydrogen-bond donors (Lipinski definition) is 1. The SMILES string of the molecule is COc1ccc(S(=O)(=O)N(CC(=O)N(Cc2ccc(Cl)c(Cl)c2)[C@@H](Cc2ccccc2)C(=O)NC(C)C)c2ccccc2OC)cc1. The van der Waals surface area contributed by atoms with Crippen LogP contribution in [-0.2, 0) is 32.6 Å². The van der Waals surface area contributed by atoms with E-state index >= 15 is 0 Å². The molecule has 1 atom stereocenters. The molecule has 0 saturated heterocycles. The fourth-order valence-corrected chi connectivity index (χ4v) is 6.74. The minimum Gasteiger partial charge on any atom is -0.497 e. The summed E-state index contributed by atoms with van der Waals surface area (Å²) in [7, 11) is -1.44. The molecule has 4 aromatic rings. The molecule has 0 heterocycles. The van der Waals surface area contributed by atoms with Gasteiger partial charge in [-0.3, -0.25) is 13.9 Å². The number of halogens is 2. The molecule has 0 spiro atoms. The first-order chi connectivity index (χ1) is 22.4. The number of rotatable bonds is 14. The molecular weight excluding hydrogens is 661 g/mol. The van der Waals surface area contributed by atoms with E-state index in [1.807, 2.05) is 44.2 Å². The molecular formula is C35H37Cl2N3O6S. The van der Waals surface area contributed by atoms with E-state index in [2.05, 4.69) is 5.32 Å². The van der Waals surface area contributed by atoms with Crippen LogP contribution in [0, 0.1) is 0 Å². The molecule has 1 N–H and O–H groups in total. The molecule has 0 aromatic heterocycles. The Morgan fingerprint density at radius 1 is 0.809 bits per heavy atom. The lowest BCUT2D eigenvalue weighted by molar-refractivity contribution is -0.140. The predicted octanol–water partition coefficient (Wildman–Crippen LogP) is 6.37. The minimum atomic E-state index is -4.34. The topological polar surface area (TPSA) is 105 Å². The summed E-state index contributed by atoms with van der Waals surface area (Å²) in [5.41, 5.74) is 1.57. The zero-order valence-corrected chi connectivity index (χ0v) is 28.9. The molecule has 4 aromatic carbocycles. The number of nitrogens with one attached hydrogen (secondary N) is 1. The average molecular weight is 699 g/mol. The standard InChI is InChI=1S/C35H37Cl2N3O6S/c1-24(2)38-35(42)32(21-25-10-6-5-7-11-25)39(22-26-14-19-29(36)30(37)20-26)34(41)23-40(31-12-8-9-13-33(31)46-4)47(43,44)28-17-15-27(45-3)16-18-28/h5-20,24,32H,21-23H2,1-4H3,(H,38,42)/t32-/m0/s1. The van der Waals surface area contributed by atoms with Crippen LogP contribution in [0.1, 0.15) is 25.0 Å². The van der Waals surface area contributed by atoms with Crippen LogP contribution in [0.5, 0.6) is 11.5 Å². The lowest BCUT2D eigenvalue weighted by Crippen LogP contribution is -2.54. The van der Waals surface area contributed by atoms with Crippen LogP contribution in [-0.4, -0.2) is 58.0 Å². The molecule has 0 saturated carbocycles. The third-order valence-corrected chi connectivity index (χ3v) is 9.83. The molecule has 0 aliphatic rings. The highest BCUT2D eigenvalue weighted by Crippen LogP contribution is 2.33. The Morgan fingerprint density at radius 2 is 1.47 bits per heavy atom. The van der Waals surface area contributed by atoms with Crippen LogP contribution >= 0.6 is 23.2 Å². The van der Waals surface area contributed by atoms with Crippen molar-refractivity contribution < 1.29 is 27.5 Å². The Labute approximate surface area is 286 Å². The molecule has 12 heteroatoms. The van der Waals surface area contributed by atoms with E-state index in [0.717, 1.165) is 9.87 Å². The van der Waals surface area contributed by atoms with E-state index in [1.54, 1.807) is 42.5 Å². The van der Waals surface area contributed by atoms with Crippen LogP contribution < -0.4 is 19.1 Å². The first kappa shape index (κ1) is 35.6. The van der Waals surface area contributed by atoms with Crippen LogP contribution in [0.3, 0.4) is 0 Å². The number of nitrogens with zero attached hydrogens (tertiary/aromatic N) is 2. The molecule has 4 rings (SSSR count). The van der Waals surface area contributed by atoms with Crippen LogP contribution in [0.2, 0.25) is 10.0 Å². The highest BCUT2D eigenvalue weighted by molar-refractivity contribution is 7.92. The van der Waals surface area contributed by atoms with Crippen LogP contribution in [0.25, 0.3) is 0 Å². The summed E-state index contributed by atoms with van der Waals surface area (Å²) in [6.07, 6.45) is 0.173. The Bertz CT molecular complexity index is 1790. The van der Waals surface area contributed by atoms with Gasteiger partial charge in [0.25, 0.3) is 10.0 Å². The monoisotopic (exact) mass is 697 g/mol. The smallest absolute Gasteiger partial charge is 0.264 e. The van der Waals surface area contributed by atoms with Gasteiger partial charge in [0, 0.05) is 19.0 Å². The van der Waals surface area contributed by atoms with Crippen molar-refractivity contribution in [1.29, 1.82) is 0 Å². The van der Waals surface area contributed by atoms with Crippen molar-refractivity contribution in [2.45, 2.75) is 43.8 Å². The second kappa shape index (κ2) is 16.0. The molecule has 0 bridgehead atoms. The summed E-state index contributed by atoms with van der Waals surface area (Å²) in [6.45, 7) is 2.96. The lowest BCUT2D eigenvalue weighted by Gasteiger charge is -2.34. The molecule has 2 amide bonds. The van der Waals surface area contributed by atoms with Gasteiger partial charge in [-0.1, -0.05) is 71.7 Å². The third kappa shape index (κ3) is 8.97. The van der Waals surface area contributed by atoms with Gasteiger partial charge >= 0.3 is 0 Å². The molecule has 0 fully saturated rings. The quantitative estimate of drug-likeness (QED) is 0.164. The van der Waals surface area contributed by atoms with E-state index < -0.39 is 28.5 Å². The molecule has 248 valence electrons. The second-order valence-corrected chi connectivity index (χ2v) is 13.7. The zero-order chi connectivity index (χ0) is 34.1. The highest BCUT2D eigenvalue weighted by Gasteiger charge is 2.35. The maximum Gasteiger partial charge on any atom is 0.264 e. The fraction of sp³-hybridized carbons (Fsp3) is 0.257. The summed E-state index contributed by atoms with van der Waals surface area (Å²) >= 11 is 12.5. The first-order valence-corrected chi connectivity index (χ1v) is 17.0. The second-order valence-electron chi connectivity index (χ2n) is 11.0. The number of carbonyl (C=O) groups excluding carboxylic acids is 2. The van der Waals surface area contributed by atoms with Crippen molar-refractivity contribution >= 4 is 50.7 Å². The van der Waals surface area contributed by atoms with Gasteiger partial charge in [-0.2, -0.15) is 0 Å². The molecule has 0 radical (unpaired) electrons. The predicted molar refractivity (Wildman–Crippen MR) is 185 cm³/mol. The van der Waals surface area contributed by atoms with E-state index in [4.69, 9.17) is 32.7 Å². The van der Waals surface area contributed by atoms with Crippen molar-refractivity contribution in [3.05, 3.63) is 118 Å². The highest BCUT2D eigenvalue weighted by atomic mass is 35.5. The Hall–Kier alpha value is -4.25. The van der Waals surface area contributed by atoms with E-state index in [0.29, 0.717) is 16.3 Å². The maximum atomic E-state index is 14.6. The van der Waals surface area contributed by atoms with Crippen molar-refractivity contribution in [3.8, 4) is 11.5 Å². The number of benzene rings is 4. The number of amides is 2. The summed E-state index contributed by atoms with van der Waals surface area (Å²) in [4.78, 5) is 29.8. The summed E-state index contributed by atoms with van der Waals surface area (Å²) in [5, 5.41) is 3.54. The van der Waals surface area contributed by atoms with E-state index in [-0.39, 0.29) is 46.3 Å². The number of sulfonamides is 1. The summed E-state index contributed by atoms with van der Waals surface area (Å²) in [5.74, 6) is -0.304. The van der Waals surface area contributed by atoms with Gasteiger partial charge < -0.3 is 19.7 Å². The lowest BCUT2D eigenvalue weighted by atomic mass is 10.0. The van der Waals surface area contributed by atoms with Gasteiger partial charge in [-0.25, -0.2) is 8.42 Å². The normalized spacial score (nSPS) is 11.9.